The number of fused-ring (bicyclic) bond motifs is 3. The van der Waals surface area contributed by atoms with Gasteiger partial charge in [-0.1, -0.05) is 39.3 Å². The van der Waals surface area contributed by atoms with Crippen LogP contribution < -0.4 is 0 Å². The summed E-state index contributed by atoms with van der Waals surface area (Å²) in [6, 6.07) is 0. The van der Waals surface area contributed by atoms with E-state index >= 15 is 0 Å². The number of hydrogen-bond acceptors (Lipinski definition) is 1. The third kappa shape index (κ3) is 1.06. The molecule has 1 nitrogen and oxygen atoms in total. The Morgan fingerprint density at radius 3 is 2.69 bits per heavy atom. The summed E-state index contributed by atoms with van der Waals surface area (Å²) in [7, 11) is 0. The van der Waals surface area contributed by atoms with E-state index in [1.54, 1.807) is 5.57 Å². The lowest BCUT2D eigenvalue weighted by molar-refractivity contribution is 0.00407. The van der Waals surface area contributed by atoms with E-state index in [9.17, 15) is 5.11 Å². The Labute approximate surface area is 98.9 Å². The van der Waals surface area contributed by atoms with Gasteiger partial charge in [-0.3, -0.25) is 0 Å². The van der Waals surface area contributed by atoms with Crippen LogP contribution in [0.1, 0.15) is 47.0 Å². The first-order chi connectivity index (χ1) is 7.40. The van der Waals surface area contributed by atoms with E-state index in [4.69, 9.17) is 0 Å². The van der Waals surface area contributed by atoms with Crippen molar-refractivity contribution < 1.29 is 5.11 Å². The summed E-state index contributed by atoms with van der Waals surface area (Å²) in [5, 5.41) is 10.2. The number of aliphatic hydroxyl groups excluding tert-OH is 1. The summed E-state index contributed by atoms with van der Waals surface area (Å²) in [5.41, 5.74) is 2.43. The fourth-order valence-electron chi connectivity index (χ4n) is 4.96. The normalized spacial score (nSPS) is 53.7. The first-order valence-electron chi connectivity index (χ1n) is 6.77. The molecule has 90 valence electrons. The van der Waals surface area contributed by atoms with E-state index in [1.165, 1.54) is 6.42 Å². The Balaban J connectivity index is 2.03. The summed E-state index contributed by atoms with van der Waals surface area (Å²) < 4.78 is 0. The van der Waals surface area contributed by atoms with E-state index in [0.717, 1.165) is 24.7 Å². The molecule has 0 heterocycles. The smallest absolute Gasteiger partial charge is 0.0577 e. The average molecular weight is 220 g/mol. The molecule has 0 bridgehead atoms. The van der Waals surface area contributed by atoms with Gasteiger partial charge in [-0.15, -0.1) is 0 Å². The van der Waals surface area contributed by atoms with E-state index in [2.05, 4.69) is 33.8 Å². The highest BCUT2D eigenvalue weighted by Gasteiger charge is 2.68. The van der Waals surface area contributed by atoms with E-state index < -0.39 is 0 Å². The monoisotopic (exact) mass is 220 g/mol. The molecular formula is C15H24O. The zero-order valence-electron chi connectivity index (χ0n) is 11.0. The molecule has 0 aromatic heterocycles. The van der Waals surface area contributed by atoms with Gasteiger partial charge in [-0.05, 0) is 47.8 Å². The van der Waals surface area contributed by atoms with Crippen molar-refractivity contribution in [1.82, 2.24) is 0 Å². The van der Waals surface area contributed by atoms with Crippen LogP contribution in [0.2, 0.25) is 0 Å². The molecule has 0 saturated heterocycles. The Kier molecular flexibility index (Phi) is 1.98. The van der Waals surface area contributed by atoms with Gasteiger partial charge >= 0.3 is 0 Å². The van der Waals surface area contributed by atoms with Crippen molar-refractivity contribution in [2.24, 2.45) is 28.6 Å². The van der Waals surface area contributed by atoms with E-state index in [1.807, 2.05) is 0 Å². The second kappa shape index (κ2) is 2.93. The van der Waals surface area contributed by atoms with Crippen molar-refractivity contribution in [2.75, 3.05) is 0 Å². The molecular weight excluding hydrogens is 196 g/mol. The maximum absolute atomic E-state index is 10.2. The molecule has 0 amide bonds. The van der Waals surface area contributed by atoms with Crippen molar-refractivity contribution in [3.8, 4) is 0 Å². The topological polar surface area (TPSA) is 20.2 Å². The van der Waals surface area contributed by atoms with Crippen LogP contribution in [-0.2, 0) is 0 Å². The van der Waals surface area contributed by atoms with Crippen LogP contribution in [-0.4, -0.2) is 11.2 Å². The highest BCUT2D eigenvalue weighted by Crippen LogP contribution is 2.74. The van der Waals surface area contributed by atoms with Gasteiger partial charge in [-0.25, -0.2) is 0 Å². The van der Waals surface area contributed by atoms with Gasteiger partial charge in [0.1, 0.15) is 0 Å². The molecule has 0 spiro atoms. The molecule has 0 aromatic carbocycles. The van der Waals surface area contributed by atoms with Gasteiger partial charge in [0.2, 0.25) is 0 Å². The van der Waals surface area contributed by atoms with Crippen LogP contribution in [0.4, 0.5) is 0 Å². The van der Waals surface area contributed by atoms with Crippen LogP contribution >= 0.6 is 0 Å². The predicted molar refractivity (Wildman–Crippen MR) is 66.0 cm³/mol. The van der Waals surface area contributed by atoms with E-state index in [-0.39, 0.29) is 11.5 Å². The third-order valence-corrected chi connectivity index (χ3v) is 6.24. The van der Waals surface area contributed by atoms with Crippen LogP contribution in [0.15, 0.2) is 11.6 Å². The van der Waals surface area contributed by atoms with Crippen LogP contribution in [0.25, 0.3) is 0 Å². The number of hydrogen-bond donors (Lipinski definition) is 1. The molecule has 3 aliphatic carbocycles. The van der Waals surface area contributed by atoms with Gasteiger partial charge in [-0.2, -0.15) is 0 Å². The minimum Gasteiger partial charge on any atom is -0.393 e. The lowest BCUT2D eigenvalue weighted by Gasteiger charge is -2.47. The van der Waals surface area contributed by atoms with Gasteiger partial charge in [0.15, 0.2) is 0 Å². The quantitative estimate of drug-likeness (QED) is 0.620. The van der Waals surface area contributed by atoms with E-state index in [0.29, 0.717) is 11.3 Å². The van der Waals surface area contributed by atoms with Gasteiger partial charge in [0.05, 0.1) is 6.10 Å². The molecule has 0 aliphatic heterocycles. The SMILES string of the molecule is C[C@H]1[C@@H](O)CCC2=CC[C@H]3[C@H](C3(C)C)[C@@]21C. The van der Waals surface area contributed by atoms with Crippen LogP contribution in [0.3, 0.4) is 0 Å². The fraction of sp³-hybridized carbons (Fsp3) is 0.867. The molecule has 1 N–H and O–H groups in total. The molecule has 2 saturated carbocycles. The fourth-order valence-corrected chi connectivity index (χ4v) is 4.96. The predicted octanol–water partition coefficient (Wildman–Crippen LogP) is 3.39. The minimum absolute atomic E-state index is 0.0858. The number of aliphatic hydroxyl groups is 1. The Morgan fingerprint density at radius 2 is 2.00 bits per heavy atom. The summed E-state index contributed by atoms with van der Waals surface area (Å²) in [4.78, 5) is 0. The summed E-state index contributed by atoms with van der Waals surface area (Å²) in [6.45, 7) is 9.50. The molecule has 16 heavy (non-hydrogen) atoms. The highest BCUT2D eigenvalue weighted by molar-refractivity contribution is 5.32. The molecule has 0 aromatic rings. The maximum Gasteiger partial charge on any atom is 0.0577 e. The lowest BCUT2D eigenvalue weighted by Crippen LogP contribution is -2.43. The number of allylic oxidation sites excluding steroid dienone is 2. The first-order valence-corrected chi connectivity index (χ1v) is 6.77. The third-order valence-electron chi connectivity index (χ3n) is 6.24. The van der Waals surface area contributed by atoms with Crippen molar-refractivity contribution >= 4 is 0 Å². The van der Waals surface area contributed by atoms with Gasteiger partial charge in [0, 0.05) is 0 Å². The first kappa shape index (κ1) is 10.8. The maximum atomic E-state index is 10.2. The number of rotatable bonds is 0. The average Bonchev–Trinajstić information content (AvgIpc) is 2.78. The second-order valence-electron chi connectivity index (χ2n) is 7.05. The van der Waals surface area contributed by atoms with Crippen molar-refractivity contribution in [2.45, 2.75) is 53.1 Å². The molecule has 5 atom stereocenters. The van der Waals surface area contributed by atoms with Crippen LogP contribution in [0, 0.1) is 28.6 Å². The zero-order chi connectivity index (χ0) is 11.7. The molecule has 3 rings (SSSR count). The lowest BCUT2D eigenvalue weighted by atomic mass is 9.58. The Bertz CT molecular complexity index is 354. The van der Waals surface area contributed by atoms with Crippen LogP contribution in [0.5, 0.6) is 0 Å². The second-order valence-corrected chi connectivity index (χ2v) is 7.05. The summed E-state index contributed by atoms with van der Waals surface area (Å²) in [5.74, 6) is 2.11. The minimum atomic E-state index is -0.0858. The van der Waals surface area contributed by atoms with Gasteiger partial charge in [0.25, 0.3) is 0 Å². The van der Waals surface area contributed by atoms with Gasteiger partial charge < -0.3 is 5.11 Å². The van der Waals surface area contributed by atoms with Crippen molar-refractivity contribution in [1.29, 1.82) is 0 Å². The Morgan fingerprint density at radius 1 is 1.31 bits per heavy atom. The summed E-state index contributed by atoms with van der Waals surface area (Å²) >= 11 is 0. The molecule has 1 heteroatoms. The summed E-state index contributed by atoms with van der Waals surface area (Å²) in [6.07, 6.45) is 5.79. The van der Waals surface area contributed by atoms with Crippen molar-refractivity contribution in [3.63, 3.8) is 0 Å². The largest absolute Gasteiger partial charge is 0.393 e. The molecule has 3 aliphatic rings. The van der Waals surface area contributed by atoms with Crippen molar-refractivity contribution in [3.05, 3.63) is 11.6 Å². The molecule has 2 fully saturated rings. The molecule has 0 unspecified atom stereocenters. The molecule has 0 radical (unpaired) electrons. The zero-order valence-corrected chi connectivity index (χ0v) is 11.0. The Hall–Kier alpha value is -0.300. The standard InChI is InChI=1S/C15H24O/c1-9-12(16)8-6-10-5-7-11-13(14(11,2)3)15(9,10)4/h5,9,11-13,16H,6-8H2,1-4H3/t9-,11-,12-,13+,15+/m0/s1. The highest BCUT2D eigenvalue weighted by atomic mass is 16.3.